The summed E-state index contributed by atoms with van der Waals surface area (Å²) in [6, 6.07) is 11.1. The maximum Gasteiger partial charge on any atom is 0.322 e. The molecule has 0 radical (unpaired) electrons. The Kier molecular flexibility index (Phi) is 6.63. The molecule has 42 heavy (non-hydrogen) atoms. The van der Waals surface area contributed by atoms with Crippen LogP contribution in [0.15, 0.2) is 45.3 Å². The molecule has 220 valence electrons. The van der Waals surface area contributed by atoms with E-state index >= 15 is 0 Å². The van der Waals surface area contributed by atoms with Gasteiger partial charge in [-0.1, -0.05) is 31.9 Å². The number of imide groups is 1. The van der Waals surface area contributed by atoms with Crippen LogP contribution in [0.4, 0.5) is 4.79 Å². The largest absolute Gasteiger partial charge is 0.487 e. The minimum atomic E-state index is -1.00. The van der Waals surface area contributed by atoms with E-state index in [0.29, 0.717) is 23.7 Å². The number of rotatable bonds is 0. The molecule has 2 aromatic rings. The average Bonchev–Trinajstić information content (AvgIpc) is 3.70. The van der Waals surface area contributed by atoms with E-state index in [1.165, 1.54) is 0 Å². The first-order chi connectivity index (χ1) is 20.1. The van der Waals surface area contributed by atoms with Crippen LogP contribution in [-0.4, -0.2) is 34.2 Å². The van der Waals surface area contributed by atoms with Crippen LogP contribution in [0.5, 0.6) is 11.5 Å². The lowest BCUT2D eigenvalue weighted by molar-refractivity contribution is -0.128. The predicted molar refractivity (Wildman–Crippen MR) is 165 cm³/mol. The highest BCUT2D eigenvalue weighted by Crippen LogP contribution is 2.52. The molecule has 12 heteroatoms. The molecule has 4 aliphatic heterocycles. The third-order valence-electron chi connectivity index (χ3n) is 9.54. The maximum absolute atomic E-state index is 12.6. The van der Waals surface area contributed by atoms with Gasteiger partial charge in [0, 0.05) is 32.9 Å². The van der Waals surface area contributed by atoms with Gasteiger partial charge in [0.25, 0.3) is 11.8 Å². The summed E-state index contributed by atoms with van der Waals surface area (Å²) in [6.45, 7) is 0. The van der Waals surface area contributed by atoms with Crippen molar-refractivity contribution in [2.75, 3.05) is 0 Å². The van der Waals surface area contributed by atoms with Crippen molar-refractivity contribution >= 4 is 67.0 Å². The predicted octanol–water partition coefficient (Wildman–Crippen LogP) is 5.32. The highest BCUT2D eigenvalue weighted by molar-refractivity contribution is 9.10. The van der Waals surface area contributed by atoms with Gasteiger partial charge in [-0.25, -0.2) is 4.79 Å². The Labute approximate surface area is 265 Å². The van der Waals surface area contributed by atoms with Crippen molar-refractivity contribution in [3.05, 3.63) is 56.5 Å². The minimum Gasteiger partial charge on any atom is -0.487 e. The van der Waals surface area contributed by atoms with Gasteiger partial charge in [0.2, 0.25) is 0 Å². The molecular weight excluding hydrogens is 688 g/mol. The summed E-state index contributed by atoms with van der Waals surface area (Å²) < 4.78 is 14.4. The number of amides is 4. The van der Waals surface area contributed by atoms with E-state index in [0.717, 1.165) is 77.2 Å². The van der Waals surface area contributed by atoms with E-state index in [4.69, 9.17) is 21.7 Å². The lowest BCUT2D eigenvalue weighted by atomic mass is 9.75. The van der Waals surface area contributed by atoms with E-state index in [1.807, 2.05) is 36.4 Å². The number of hydrogen-bond donors (Lipinski definition) is 4. The van der Waals surface area contributed by atoms with Crippen molar-refractivity contribution in [3.8, 4) is 11.5 Å². The number of urea groups is 1. The highest BCUT2D eigenvalue weighted by Gasteiger charge is 2.59. The number of carbonyl (C=O) groups excluding carboxylic acids is 3. The molecule has 0 aromatic heterocycles. The molecular formula is C30H30Br2N4O5S. The number of hydrogen-bond acceptors (Lipinski definition) is 6. The summed E-state index contributed by atoms with van der Waals surface area (Å²) in [5, 5.41) is 11.6. The van der Waals surface area contributed by atoms with E-state index in [2.05, 4.69) is 53.1 Å². The van der Waals surface area contributed by atoms with Gasteiger partial charge in [0.1, 0.15) is 22.7 Å². The van der Waals surface area contributed by atoms with E-state index < -0.39 is 17.1 Å². The number of ether oxygens (including phenoxy) is 2. The second-order valence-corrected chi connectivity index (χ2v) is 14.5. The SMILES string of the molecule is O=C1NC(=O)C2(CC3(CCCC3)Oc3ccc(Br)cc32)N1.O=C1NC(=S)NC12CC1(CCCC1)Oc1ccc(Br)cc12. The molecule has 4 fully saturated rings. The zero-order chi connectivity index (χ0) is 29.3. The van der Waals surface area contributed by atoms with Crippen LogP contribution in [0.25, 0.3) is 0 Å². The Morgan fingerprint density at radius 3 is 1.52 bits per heavy atom. The van der Waals surface area contributed by atoms with Gasteiger partial charge in [-0.15, -0.1) is 0 Å². The van der Waals surface area contributed by atoms with Crippen LogP contribution in [0, 0.1) is 0 Å². The third-order valence-corrected chi connectivity index (χ3v) is 10.7. The van der Waals surface area contributed by atoms with Crippen LogP contribution in [0.2, 0.25) is 0 Å². The summed E-state index contributed by atoms with van der Waals surface area (Å²) in [6.07, 6.45) is 9.45. The molecule has 4 heterocycles. The zero-order valence-electron chi connectivity index (χ0n) is 22.7. The average molecular weight is 718 g/mol. The van der Waals surface area contributed by atoms with Crippen molar-refractivity contribution in [1.82, 2.24) is 21.3 Å². The van der Waals surface area contributed by atoms with Gasteiger partial charge in [-0.3, -0.25) is 14.9 Å². The first-order valence-corrected chi connectivity index (χ1v) is 16.3. The quantitative estimate of drug-likeness (QED) is 0.215. The molecule has 2 aliphatic carbocycles. The minimum absolute atomic E-state index is 0.0681. The zero-order valence-corrected chi connectivity index (χ0v) is 26.7. The van der Waals surface area contributed by atoms with Gasteiger partial charge in [0.05, 0.1) is 0 Å². The lowest BCUT2D eigenvalue weighted by Crippen LogP contribution is -2.54. The molecule has 2 saturated carbocycles. The number of carbonyl (C=O) groups is 3. The smallest absolute Gasteiger partial charge is 0.322 e. The number of fused-ring (bicyclic) bond motifs is 4. The Morgan fingerprint density at radius 1 is 0.667 bits per heavy atom. The number of halogens is 2. The van der Waals surface area contributed by atoms with Crippen LogP contribution in [-0.2, 0) is 20.7 Å². The van der Waals surface area contributed by atoms with Gasteiger partial charge in [-0.05, 0) is 100.0 Å². The Hall–Kier alpha value is -2.70. The van der Waals surface area contributed by atoms with Crippen LogP contribution in [0.3, 0.4) is 0 Å². The first-order valence-electron chi connectivity index (χ1n) is 14.3. The number of nitrogens with one attached hydrogen (secondary N) is 4. The number of thiocarbonyl (C=S) groups is 1. The normalized spacial score (nSPS) is 29.2. The van der Waals surface area contributed by atoms with E-state index in [1.54, 1.807) is 0 Å². The summed E-state index contributed by atoms with van der Waals surface area (Å²) >= 11 is 12.1. The highest BCUT2D eigenvalue weighted by atomic mass is 79.9. The summed E-state index contributed by atoms with van der Waals surface area (Å²) in [5.74, 6) is 1.14. The standard InChI is InChI=1S/C15H15BrN2O3.C15H15BrN2O2S/c16-9-3-4-11-10(7-9)15(12(19)17-13(20)18-15)8-14(21-11)5-1-2-6-14;16-9-3-4-11-10(7-9)15(12(19)17-13(21)18-15)8-14(20-11)5-1-2-6-14/h3-4,7H,1-2,5-6,8H2,(H2,17,18,19,20);3-4,7H,1-2,5-6,8H2,(H2,17,18,19,21). The Balaban J connectivity index is 0.000000137. The third kappa shape index (κ3) is 4.43. The summed E-state index contributed by atoms with van der Waals surface area (Å²) in [7, 11) is 0. The molecule has 4 amide bonds. The van der Waals surface area contributed by atoms with Crippen molar-refractivity contribution in [1.29, 1.82) is 0 Å². The monoisotopic (exact) mass is 716 g/mol. The Bertz CT molecular complexity index is 1430. The second kappa shape index (κ2) is 9.92. The molecule has 4 N–H and O–H groups in total. The molecule has 2 aromatic carbocycles. The molecule has 6 aliphatic rings. The molecule has 4 spiro atoms. The first kappa shape index (κ1) is 28.1. The van der Waals surface area contributed by atoms with Crippen molar-refractivity contribution in [2.24, 2.45) is 0 Å². The second-order valence-electron chi connectivity index (χ2n) is 12.2. The van der Waals surface area contributed by atoms with Crippen molar-refractivity contribution in [3.63, 3.8) is 0 Å². The van der Waals surface area contributed by atoms with E-state index in [9.17, 15) is 14.4 Å². The van der Waals surface area contributed by atoms with Gasteiger partial charge in [0.15, 0.2) is 16.2 Å². The molecule has 9 nitrogen and oxygen atoms in total. The molecule has 0 bridgehead atoms. The molecule has 2 saturated heterocycles. The summed E-state index contributed by atoms with van der Waals surface area (Å²) in [5.41, 5.74) is -0.775. The molecule has 8 rings (SSSR count). The van der Waals surface area contributed by atoms with Crippen LogP contribution >= 0.6 is 44.1 Å². The fourth-order valence-electron chi connectivity index (χ4n) is 7.75. The topological polar surface area (TPSA) is 118 Å². The van der Waals surface area contributed by atoms with Gasteiger partial charge < -0.3 is 25.4 Å². The van der Waals surface area contributed by atoms with Gasteiger partial charge >= 0.3 is 6.03 Å². The van der Waals surface area contributed by atoms with E-state index in [-0.39, 0.29) is 23.0 Å². The maximum atomic E-state index is 12.6. The van der Waals surface area contributed by atoms with Crippen LogP contribution < -0.4 is 30.7 Å². The fraction of sp³-hybridized carbons (Fsp3) is 0.467. The number of benzene rings is 2. The molecule has 2 unspecified atom stereocenters. The lowest BCUT2D eigenvalue weighted by Gasteiger charge is -2.44. The van der Waals surface area contributed by atoms with Crippen molar-refractivity contribution in [2.45, 2.75) is 86.5 Å². The summed E-state index contributed by atoms with van der Waals surface area (Å²) in [4.78, 5) is 36.9. The fourth-order valence-corrected chi connectivity index (χ4v) is 8.74. The Morgan fingerprint density at radius 2 is 1.12 bits per heavy atom. The molecule has 2 atom stereocenters. The van der Waals surface area contributed by atoms with Gasteiger partial charge in [-0.2, -0.15) is 0 Å². The van der Waals surface area contributed by atoms with Crippen LogP contribution in [0.1, 0.15) is 75.3 Å². The van der Waals surface area contributed by atoms with Crippen molar-refractivity contribution < 1.29 is 23.9 Å².